The zero-order valence-corrected chi connectivity index (χ0v) is 27.0. The Morgan fingerprint density at radius 2 is 1.28 bits per heavy atom. The van der Waals surface area contributed by atoms with E-state index < -0.39 is 63.8 Å². The first-order valence-electron chi connectivity index (χ1n) is 16.4. The Hall–Kier alpha value is -4.28. The molecule has 11 heteroatoms. The average Bonchev–Trinajstić information content (AvgIpc) is 3.03. The van der Waals surface area contributed by atoms with Crippen LogP contribution in [0.15, 0.2) is 72.8 Å². The molecule has 0 spiro atoms. The van der Waals surface area contributed by atoms with Crippen LogP contribution in [-0.2, 0) is 6.11 Å². The molecule has 0 amide bonds. The van der Waals surface area contributed by atoms with Gasteiger partial charge in [-0.1, -0.05) is 56.9 Å². The zero-order valence-electron chi connectivity index (χ0n) is 27.0. The molecule has 1 nitrogen and oxygen atoms in total. The topological polar surface area (TPSA) is 9.23 Å². The Morgan fingerprint density at radius 3 is 1.88 bits per heavy atom. The van der Waals surface area contributed by atoms with Crippen molar-refractivity contribution in [2.75, 3.05) is 0 Å². The second kappa shape index (κ2) is 15.3. The van der Waals surface area contributed by atoms with Gasteiger partial charge in [-0.2, -0.15) is 22.0 Å². The Bertz CT molecular complexity index is 1810. The summed E-state index contributed by atoms with van der Waals surface area (Å²) in [6.07, 6.45) is -0.357. The Kier molecular flexibility index (Phi) is 11.3. The van der Waals surface area contributed by atoms with Gasteiger partial charge in [-0.15, -0.1) is 0 Å². The molecule has 0 heterocycles. The molecule has 1 fully saturated rings. The highest BCUT2D eigenvalue weighted by Crippen LogP contribution is 2.41. The minimum absolute atomic E-state index is 0.123. The number of alkyl halides is 5. The highest BCUT2D eigenvalue weighted by atomic mass is 19.4. The molecule has 50 heavy (non-hydrogen) atoms. The minimum atomic E-state index is -4.75. The molecule has 0 aromatic heterocycles. The maximum atomic E-state index is 15.3. The summed E-state index contributed by atoms with van der Waals surface area (Å²) >= 11 is 0. The lowest BCUT2D eigenvalue weighted by Gasteiger charge is -2.29. The number of halogens is 10. The van der Waals surface area contributed by atoms with Crippen molar-refractivity contribution in [1.82, 2.24) is 0 Å². The fraction of sp³-hybridized carbons (Fsp3) is 0.333. The number of hydrogen-bond acceptors (Lipinski definition) is 1. The second-order valence-electron chi connectivity index (χ2n) is 12.6. The molecule has 5 rings (SSSR count). The molecule has 4 aromatic carbocycles. The van der Waals surface area contributed by atoms with E-state index in [4.69, 9.17) is 0 Å². The lowest BCUT2D eigenvalue weighted by molar-refractivity contribution is -0.189. The minimum Gasteiger partial charge on any atom is -0.429 e. The smallest absolute Gasteiger partial charge is 0.429 e. The van der Waals surface area contributed by atoms with Gasteiger partial charge in [0.05, 0.1) is 0 Å². The molecule has 4 aromatic rings. The normalized spacial score (nSPS) is 17.0. The lowest BCUT2D eigenvalue weighted by Crippen LogP contribution is -2.25. The summed E-state index contributed by atoms with van der Waals surface area (Å²) < 4.78 is 146. The Balaban J connectivity index is 1.30. The van der Waals surface area contributed by atoms with Crippen molar-refractivity contribution >= 4 is 6.08 Å². The standard InChI is InChI=1S/C39H34F10O/c1-2-3-4-5-23-6-8-24(9-7-23)26-11-14-30(33(41)18-26)27-12-15-31(34(42)19-27)28-20-35(43)37(36(44)21-28)39(48,49)50-29-13-10-25(32(40)22-29)16-17-38(45,46)47/h10-24H,2-9H2,1H3/b17-16+. The lowest BCUT2D eigenvalue weighted by atomic mass is 9.77. The van der Waals surface area contributed by atoms with Crippen LogP contribution < -0.4 is 4.74 Å². The summed E-state index contributed by atoms with van der Waals surface area (Å²) in [4.78, 5) is 0. The van der Waals surface area contributed by atoms with E-state index in [1.165, 1.54) is 37.8 Å². The van der Waals surface area contributed by atoms with Crippen molar-refractivity contribution in [1.29, 1.82) is 0 Å². The molecule has 0 atom stereocenters. The number of benzene rings is 4. The van der Waals surface area contributed by atoms with Crippen molar-refractivity contribution in [3.05, 3.63) is 119 Å². The molecule has 0 bridgehead atoms. The van der Waals surface area contributed by atoms with Gasteiger partial charge in [0.25, 0.3) is 0 Å². The third-order valence-corrected chi connectivity index (χ3v) is 9.12. The number of hydrogen-bond donors (Lipinski definition) is 0. The first-order chi connectivity index (χ1) is 23.6. The molecule has 0 N–H and O–H groups in total. The van der Waals surface area contributed by atoms with Gasteiger partial charge in [-0.05, 0) is 96.7 Å². The van der Waals surface area contributed by atoms with Gasteiger partial charge in [-0.3, -0.25) is 0 Å². The predicted octanol–water partition coefficient (Wildman–Crippen LogP) is 13.3. The molecular weight excluding hydrogens is 674 g/mol. The van der Waals surface area contributed by atoms with E-state index in [9.17, 15) is 35.1 Å². The van der Waals surface area contributed by atoms with E-state index in [0.29, 0.717) is 42.3 Å². The van der Waals surface area contributed by atoms with E-state index in [-0.39, 0.29) is 28.7 Å². The van der Waals surface area contributed by atoms with Crippen LogP contribution in [-0.4, -0.2) is 6.18 Å². The number of ether oxygens (including phenoxy) is 1. The van der Waals surface area contributed by atoms with E-state index in [0.717, 1.165) is 43.4 Å². The summed E-state index contributed by atoms with van der Waals surface area (Å²) in [5, 5.41) is 0. The first kappa shape index (κ1) is 37.0. The van der Waals surface area contributed by atoms with Crippen molar-refractivity contribution < 1.29 is 48.6 Å². The van der Waals surface area contributed by atoms with Crippen molar-refractivity contribution in [3.8, 4) is 28.0 Å². The highest BCUT2D eigenvalue weighted by Gasteiger charge is 2.41. The van der Waals surface area contributed by atoms with Crippen LogP contribution in [0.2, 0.25) is 0 Å². The average molecular weight is 709 g/mol. The number of rotatable bonds is 11. The van der Waals surface area contributed by atoms with Gasteiger partial charge in [0.15, 0.2) is 0 Å². The Morgan fingerprint density at radius 1 is 0.660 bits per heavy atom. The quantitative estimate of drug-likeness (QED) is 0.111. The summed E-state index contributed by atoms with van der Waals surface area (Å²) in [7, 11) is 0. The van der Waals surface area contributed by atoms with Crippen LogP contribution >= 0.6 is 0 Å². The predicted molar refractivity (Wildman–Crippen MR) is 172 cm³/mol. The van der Waals surface area contributed by atoms with Crippen LogP contribution in [0.4, 0.5) is 43.9 Å². The largest absolute Gasteiger partial charge is 0.432 e. The highest BCUT2D eigenvalue weighted by molar-refractivity contribution is 5.72. The fourth-order valence-corrected chi connectivity index (χ4v) is 6.50. The van der Waals surface area contributed by atoms with E-state index in [1.807, 2.05) is 6.07 Å². The third-order valence-electron chi connectivity index (χ3n) is 9.12. The molecule has 0 aliphatic heterocycles. The maximum Gasteiger partial charge on any atom is 0.432 e. The van der Waals surface area contributed by atoms with Crippen molar-refractivity contribution in [2.45, 2.75) is 76.5 Å². The Labute approximate surface area is 283 Å². The van der Waals surface area contributed by atoms with Crippen LogP contribution in [0.3, 0.4) is 0 Å². The van der Waals surface area contributed by atoms with Gasteiger partial charge >= 0.3 is 12.3 Å². The third kappa shape index (κ3) is 8.89. The zero-order chi connectivity index (χ0) is 36.2. The molecule has 0 radical (unpaired) electrons. The van der Waals surface area contributed by atoms with Gasteiger partial charge in [0.1, 0.15) is 40.4 Å². The number of unbranched alkanes of at least 4 members (excludes halogenated alkanes) is 2. The molecule has 0 unspecified atom stereocenters. The molecule has 0 saturated heterocycles. The van der Waals surface area contributed by atoms with Crippen LogP contribution in [0.5, 0.6) is 5.75 Å². The fourth-order valence-electron chi connectivity index (χ4n) is 6.50. The van der Waals surface area contributed by atoms with E-state index in [1.54, 1.807) is 6.07 Å². The summed E-state index contributed by atoms with van der Waals surface area (Å²) in [5.41, 5.74) is -2.07. The summed E-state index contributed by atoms with van der Waals surface area (Å²) in [6, 6.07) is 11.0. The SMILES string of the molecule is CCCCCC1CCC(c2ccc(-c3ccc(-c4cc(F)c(C(F)(F)Oc5ccc(/C=C/C(F)(F)F)c(F)c5)c(F)c4)c(F)c3)c(F)c2)CC1. The van der Waals surface area contributed by atoms with E-state index >= 15 is 8.78 Å². The van der Waals surface area contributed by atoms with Gasteiger partial charge in [0.2, 0.25) is 0 Å². The van der Waals surface area contributed by atoms with Gasteiger partial charge in [-0.25, -0.2) is 22.0 Å². The molecule has 266 valence electrons. The molecular formula is C39H34F10O. The van der Waals surface area contributed by atoms with Crippen molar-refractivity contribution in [2.24, 2.45) is 5.92 Å². The van der Waals surface area contributed by atoms with Crippen molar-refractivity contribution in [3.63, 3.8) is 0 Å². The first-order valence-corrected chi connectivity index (χ1v) is 16.4. The van der Waals surface area contributed by atoms with Gasteiger partial charge in [0, 0.05) is 28.8 Å². The maximum absolute atomic E-state index is 15.3. The molecule has 1 saturated carbocycles. The van der Waals surface area contributed by atoms with Crippen LogP contribution in [0.25, 0.3) is 28.3 Å². The second-order valence-corrected chi connectivity index (χ2v) is 12.6. The molecule has 1 aliphatic rings. The van der Waals surface area contributed by atoms with Crippen LogP contribution in [0.1, 0.15) is 80.9 Å². The summed E-state index contributed by atoms with van der Waals surface area (Å²) in [5.74, 6) is -6.51. The van der Waals surface area contributed by atoms with Crippen LogP contribution in [0, 0.1) is 35.0 Å². The van der Waals surface area contributed by atoms with E-state index in [2.05, 4.69) is 11.7 Å². The van der Waals surface area contributed by atoms with Gasteiger partial charge < -0.3 is 4.74 Å². The monoisotopic (exact) mass is 708 g/mol. The number of allylic oxidation sites excluding steroid dienone is 1. The molecule has 1 aliphatic carbocycles. The summed E-state index contributed by atoms with van der Waals surface area (Å²) in [6.45, 7) is 2.18.